The normalized spacial score (nSPS) is 15.3. The monoisotopic (exact) mass is 399 g/mol. The number of rotatable bonds is 5. The van der Waals surface area contributed by atoms with Crippen molar-refractivity contribution >= 4 is 18.1 Å². The molecule has 1 heterocycles. The van der Waals surface area contributed by atoms with E-state index in [4.69, 9.17) is 0 Å². The van der Waals surface area contributed by atoms with Gasteiger partial charge in [0.05, 0.1) is 19.0 Å². The third-order valence-electron chi connectivity index (χ3n) is 5.33. The molecule has 5 heteroatoms. The Hall–Kier alpha value is -3.60. The molecule has 2 N–H and O–H groups in total. The highest BCUT2D eigenvalue weighted by Gasteiger charge is 2.16. The molecule has 4 rings (SSSR count). The maximum Gasteiger partial charge on any atom is 0.157 e. The molecule has 3 aromatic carbocycles. The van der Waals surface area contributed by atoms with Crippen LogP contribution in [-0.4, -0.2) is 36.7 Å². The Morgan fingerprint density at radius 1 is 0.967 bits per heavy atom. The highest BCUT2D eigenvalue weighted by Crippen LogP contribution is 2.30. The number of phenols is 2. The lowest BCUT2D eigenvalue weighted by atomic mass is 9.90. The van der Waals surface area contributed by atoms with Gasteiger partial charge in [0.2, 0.25) is 0 Å². The third kappa shape index (κ3) is 4.20. The molecule has 0 bridgehead atoms. The summed E-state index contributed by atoms with van der Waals surface area (Å²) in [5.74, 6) is -0.236. The molecule has 0 aromatic heterocycles. The van der Waals surface area contributed by atoms with Crippen molar-refractivity contribution in [3.05, 3.63) is 77.4 Å². The third-order valence-corrected chi connectivity index (χ3v) is 5.33. The average molecular weight is 399 g/mol. The van der Waals surface area contributed by atoms with Crippen LogP contribution < -0.4 is 4.90 Å². The van der Waals surface area contributed by atoms with Crippen molar-refractivity contribution in [3.8, 4) is 22.6 Å². The number of aliphatic imine (C=N–C) groups is 2. The summed E-state index contributed by atoms with van der Waals surface area (Å²) in [5, 5.41) is 19.1. The van der Waals surface area contributed by atoms with Crippen LogP contribution in [-0.2, 0) is 13.1 Å². The predicted octanol–water partition coefficient (Wildman–Crippen LogP) is 4.77. The fourth-order valence-electron chi connectivity index (χ4n) is 3.58. The van der Waals surface area contributed by atoms with E-state index in [1.165, 1.54) is 40.1 Å². The summed E-state index contributed by atoms with van der Waals surface area (Å²) in [6, 6.07) is 19.8. The molecule has 0 amide bonds. The molecular formula is C25H25N3O2. The lowest BCUT2D eigenvalue weighted by Gasteiger charge is -2.19. The van der Waals surface area contributed by atoms with Gasteiger partial charge in [0.1, 0.15) is 0 Å². The van der Waals surface area contributed by atoms with Crippen molar-refractivity contribution in [1.82, 2.24) is 0 Å². The molecule has 1 aliphatic heterocycles. The Kier molecular flexibility index (Phi) is 5.53. The summed E-state index contributed by atoms with van der Waals surface area (Å²) in [5.41, 5.74) is 6.80. The maximum absolute atomic E-state index is 9.64. The first kappa shape index (κ1) is 19.7. The van der Waals surface area contributed by atoms with Gasteiger partial charge in [-0.2, -0.15) is 0 Å². The van der Waals surface area contributed by atoms with E-state index in [-0.39, 0.29) is 17.4 Å². The van der Waals surface area contributed by atoms with Crippen LogP contribution in [0.1, 0.15) is 22.6 Å². The number of hydrogen-bond acceptors (Lipinski definition) is 5. The molecule has 0 saturated heterocycles. The van der Waals surface area contributed by atoms with Crippen LogP contribution in [0.4, 0.5) is 5.69 Å². The highest BCUT2D eigenvalue weighted by molar-refractivity contribution is 5.92. The smallest absolute Gasteiger partial charge is 0.157 e. The summed E-state index contributed by atoms with van der Waals surface area (Å²) in [6.45, 7) is 1.12. The fraction of sp³-hybridized carbons (Fsp3) is 0.200. The number of anilines is 1. The molecule has 0 saturated carbocycles. The summed E-state index contributed by atoms with van der Waals surface area (Å²) >= 11 is 0. The number of phenolic OH excluding ortho intramolecular Hbond substituents is 2. The van der Waals surface area contributed by atoms with Gasteiger partial charge in [0.15, 0.2) is 11.5 Å². The molecule has 1 aliphatic rings. The minimum atomic E-state index is -0.128. The summed E-state index contributed by atoms with van der Waals surface area (Å²) in [7, 11) is 4.08. The van der Waals surface area contributed by atoms with Gasteiger partial charge < -0.3 is 15.1 Å². The van der Waals surface area contributed by atoms with Crippen molar-refractivity contribution < 1.29 is 10.2 Å². The second-order valence-electron chi connectivity index (χ2n) is 7.68. The first-order valence-electron chi connectivity index (χ1n) is 9.92. The average Bonchev–Trinajstić information content (AvgIpc) is 2.76. The number of aromatic hydroxyl groups is 2. The molecule has 1 atom stereocenters. The van der Waals surface area contributed by atoms with Crippen molar-refractivity contribution in [2.24, 2.45) is 9.98 Å². The number of hydrogen-bond donors (Lipinski definition) is 2. The van der Waals surface area contributed by atoms with Crippen LogP contribution in [0, 0.1) is 0 Å². The molecular weight excluding hydrogens is 374 g/mol. The zero-order valence-corrected chi connectivity index (χ0v) is 17.2. The van der Waals surface area contributed by atoms with E-state index in [1.807, 2.05) is 26.5 Å². The van der Waals surface area contributed by atoms with Crippen LogP contribution in [0.15, 0.2) is 70.6 Å². The van der Waals surface area contributed by atoms with Gasteiger partial charge in [0, 0.05) is 32.2 Å². The fourth-order valence-corrected chi connectivity index (χ4v) is 3.58. The zero-order valence-electron chi connectivity index (χ0n) is 17.2. The summed E-state index contributed by atoms with van der Waals surface area (Å²) < 4.78 is 0. The van der Waals surface area contributed by atoms with E-state index in [1.54, 1.807) is 6.07 Å². The molecule has 0 radical (unpaired) electrons. The Morgan fingerprint density at radius 3 is 2.47 bits per heavy atom. The first-order chi connectivity index (χ1) is 14.5. The SMILES string of the molecule is CN(C)c1ccc(-c2ccc3c(c2)C(C=NCc2ccc(O)c(O)c2)C=NC3)cc1. The molecule has 3 aromatic rings. The molecule has 0 spiro atoms. The number of nitrogens with zero attached hydrogens (tertiary/aromatic N) is 3. The molecule has 0 aliphatic carbocycles. The Balaban J connectivity index is 1.55. The van der Waals surface area contributed by atoms with Gasteiger partial charge in [0.25, 0.3) is 0 Å². The van der Waals surface area contributed by atoms with Crippen LogP contribution >= 0.6 is 0 Å². The van der Waals surface area contributed by atoms with Crippen LogP contribution in [0.5, 0.6) is 11.5 Å². The van der Waals surface area contributed by atoms with Gasteiger partial charge in [-0.15, -0.1) is 0 Å². The first-order valence-corrected chi connectivity index (χ1v) is 9.92. The molecule has 152 valence electrons. The lowest BCUT2D eigenvalue weighted by Crippen LogP contribution is -2.11. The van der Waals surface area contributed by atoms with Crippen LogP contribution in [0.2, 0.25) is 0 Å². The second-order valence-corrected chi connectivity index (χ2v) is 7.68. The quantitative estimate of drug-likeness (QED) is 0.480. The van der Waals surface area contributed by atoms with E-state index in [0.29, 0.717) is 13.1 Å². The van der Waals surface area contributed by atoms with Gasteiger partial charge in [-0.05, 0) is 58.1 Å². The van der Waals surface area contributed by atoms with E-state index in [0.717, 1.165) is 5.56 Å². The largest absolute Gasteiger partial charge is 0.504 e. The molecule has 30 heavy (non-hydrogen) atoms. The van der Waals surface area contributed by atoms with Crippen LogP contribution in [0.25, 0.3) is 11.1 Å². The topological polar surface area (TPSA) is 68.4 Å². The van der Waals surface area contributed by atoms with Gasteiger partial charge in [-0.3, -0.25) is 9.98 Å². The maximum atomic E-state index is 9.64. The Bertz CT molecular complexity index is 1100. The molecule has 1 unspecified atom stereocenters. The van der Waals surface area contributed by atoms with E-state index in [2.05, 4.69) is 57.3 Å². The number of fused-ring (bicyclic) bond motifs is 1. The van der Waals surface area contributed by atoms with E-state index >= 15 is 0 Å². The number of benzene rings is 3. The van der Waals surface area contributed by atoms with Gasteiger partial charge in [-0.1, -0.05) is 30.3 Å². The minimum absolute atomic E-state index is 0.0143. The van der Waals surface area contributed by atoms with E-state index in [9.17, 15) is 10.2 Å². The highest BCUT2D eigenvalue weighted by atomic mass is 16.3. The minimum Gasteiger partial charge on any atom is -0.504 e. The summed E-state index contributed by atoms with van der Waals surface area (Å²) in [6.07, 6.45) is 3.85. The zero-order chi connectivity index (χ0) is 21.1. The van der Waals surface area contributed by atoms with Crippen LogP contribution in [0.3, 0.4) is 0 Å². The standard InChI is InChI=1S/C25H25N3O2/c1-28(2)22-8-6-18(7-9-22)19-4-5-20-14-27-16-21(23(20)12-19)15-26-13-17-3-10-24(29)25(30)11-17/h3-12,15-16,21,29-30H,13-14H2,1-2H3. The predicted molar refractivity (Wildman–Crippen MR) is 123 cm³/mol. The Labute approximate surface area is 176 Å². The Morgan fingerprint density at radius 2 is 1.73 bits per heavy atom. The van der Waals surface area contributed by atoms with Gasteiger partial charge in [-0.25, -0.2) is 0 Å². The molecule has 0 fully saturated rings. The lowest BCUT2D eigenvalue weighted by molar-refractivity contribution is 0.403. The van der Waals surface area contributed by atoms with Gasteiger partial charge >= 0.3 is 0 Å². The van der Waals surface area contributed by atoms with Crippen molar-refractivity contribution in [1.29, 1.82) is 0 Å². The van der Waals surface area contributed by atoms with Crippen molar-refractivity contribution in [2.45, 2.75) is 19.0 Å². The molecule has 5 nitrogen and oxygen atoms in total. The van der Waals surface area contributed by atoms with Crippen molar-refractivity contribution in [2.75, 3.05) is 19.0 Å². The summed E-state index contributed by atoms with van der Waals surface area (Å²) in [4.78, 5) is 11.1. The van der Waals surface area contributed by atoms with E-state index < -0.39 is 0 Å². The second kappa shape index (κ2) is 8.41. The van der Waals surface area contributed by atoms with Crippen molar-refractivity contribution in [3.63, 3.8) is 0 Å².